The highest BCUT2D eigenvalue weighted by atomic mass is 32.2. The molecule has 0 spiro atoms. The summed E-state index contributed by atoms with van der Waals surface area (Å²) in [6.07, 6.45) is 1.13. The van der Waals surface area contributed by atoms with Gasteiger partial charge in [0.1, 0.15) is 0 Å². The first-order valence-electron chi connectivity index (χ1n) is 11.5. The minimum absolute atomic E-state index is 0.136. The van der Waals surface area contributed by atoms with Crippen molar-refractivity contribution in [1.29, 1.82) is 0 Å². The van der Waals surface area contributed by atoms with E-state index in [2.05, 4.69) is 58.9 Å². The van der Waals surface area contributed by atoms with Crippen LogP contribution in [0.3, 0.4) is 0 Å². The summed E-state index contributed by atoms with van der Waals surface area (Å²) in [4.78, 5) is 15.2. The molecule has 1 aliphatic heterocycles. The maximum atomic E-state index is 12.6. The molecule has 1 unspecified atom stereocenters. The largest absolute Gasteiger partial charge is 0.348 e. The zero-order valence-corrected chi connectivity index (χ0v) is 20.4. The van der Waals surface area contributed by atoms with Gasteiger partial charge in [0.2, 0.25) is 0 Å². The highest BCUT2D eigenvalue weighted by Crippen LogP contribution is 2.23. The standard InChI is InChI=1S/C27H31N3O3S/c1-20-18-30(13-12-28-20)19-22-7-4-9-24(15-22)23-8-3-6-21(14-23)17-29-27(31)25-10-5-11-26(16-25)34(2,32)33/h3-11,14-16,20,28H,12-13,17-19H2,1-2H3,(H,29,31). The first-order chi connectivity index (χ1) is 16.3. The zero-order chi connectivity index (χ0) is 24.1. The number of hydrogen-bond acceptors (Lipinski definition) is 5. The molecule has 0 aliphatic carbocycles. The van der Waals surface area contributed by atoms with Gasteiger partial charge in [0.25, 0.3) is 5.91 Å². The van der Waals surface area contributed by atoms with Gasteiger partial charge in [0, 0.05) is 50.6 Å². The molecular formula is C27H31N3O3S. The SMILES string of the molecule is CC1CN(Cc2cccc(-c3cccc(CNC(=O)c4cccc(S(C)(=O)=O)c4)c3)c2)CCN1. The monoisotopic (exact) mass is 477 g/mol. The van der Waals surface area contributed by atoms with Gasteiger partial charge in [-0.05, 0) is 59.5 Å². The van der Waals surface area contributed by atoms with E-state index in [0.717, 1.165) is 49.1 Å². The highest BCUT2D eigenvalue weighted by Gasteiger charge is 2.16. The zero-order valence-electron chi connectivity index (χ0n) is 19.6. The average molecular weight is 478 g/mol. The molecule has 0 radical (unpaired) electrons. The molecule has 1 heterocycles. The predicted octanol–water partition coefficient (Wildman–Crippen LogP) is 3.48. The molecule has 4 rings (SSSR count). The van der Waals surface area contributed by atoms with E-state index in [-0.39, 0.29) is 10.8 Å². The molecule has 0 saturated carbocycles. The Hall–Kier alpha value is -3.00. The Morgan fingerprint density at radius 1 is 1.00 bits per heavy atom. The molecule has 1 saturated heterocycles. The molecule has 6 nitrogen and oxygen atoms in total. The van der Waals surface area contributed by atoms with Gasteiger partial charge >= 0.3 is 0 Å². The summed E-state index contributed by atoms with van der Waals surface area (Å²) in [5.41, 5.74) is 4.84. The number of nitrogens with zero attached hydrogens (tertiary/aromatic N) is 1. The van der Waals surface area contributed by atoms with E-state index in [4.69, 9.17) is 0 Å². The lowest BCUT2D eigenvalue weighted by atomic mass is 10.0. The summed E-state index contributed by atoms with van der Waals surface area (Å²) in [5.74, 6) is -0.303. The fraction of sp³-hybridized carbons (Fsp3) is 0.296. The van der Waals surface area contributed by atoms with E-state index >= 15 is 0 Å². The Bertz CT molecular complexity index is 1270. The molecule has 1 atom stereocenters. The molecule has 1 amide bonds. The fourth-order valence-corrected chi connectivity index (χ4v) is 4.94. The van der Waals surface area contributed by atoms with Crippen molar-refractivity contribution in [3.05, 3.63) is 89.5 Å². The molecule has 0 aromatic heterocycles. The highest BCUT2D eigenvalue weighted by molar-refractivity contribution is 7.90. The van der Waals surface area contributed by atoms with Crippen LogP contribution in [-0.2, 0) is 22.9 Å². The topological polar surface area (TPSA) is 78.5 Å². The van der Waals surface area contributed by atoms with Gasteiger partial charge in [-0.1, -0.05) is 42.5 Å². The normalized spacial score (nSPS) is 16.8. The second-order valence-corrected chi connectivity index (χ2v) is 11.0. The Morgan fingerprint density at radius 3 is 2.38 bits per heavy atom. The van der Waals surface area contributed by atoms with E-state index in [9.17, 15) is 13.2 Å². The molecule has 3 aromatic carbocycles. The average Bonchev–Trinajstić information content (AvgIpc) is 2.82. The minimum Gasteiger partial charge on any atom is -0.348 e. The first kappa shape index (κ1) is 24.1. The van der Waals surface area contributed by atoms with Crippen molar-refractivity contribution in [3.63, 3.8) is 0 Å². The van der Waals surface area contributed by atoms with Crippen molar-refractivity contribution in [2.45, 2.75) is 31.0 Å². The van der Waals surface area contributed by atoms with Crippen LogP contribution < -0.4 is 10.6 Å². The summed E-state index contributed by atoms with van der Waals surface area (Å²) in [7, 11) is -3.36. The quantitative estimate of drug-likeness (QED) is 0.545. The number of carbonyl (C=O) groups excluding carboxylic acids is 1. The smallest absolute Gasteiger partial charge is 0.251 e. The molecular weight excluding hydrogens is 446 g/mol. The lowest BCUT2D eigenvalue weighted by Gasteiger charge is -2.31. The number of hydrogen-bond donors (Lipinski definition) is 2. The van der Waals surface area contributed by atoms with E-state index in [1.54, 1.807) is 12.1 Å². The molecule has 178 valence electrons. The molecule has 0 bridgehead atoms. The second-order valence-electron chi connectivity index (χ2n) is 8.97. The minimum atomic E-state index is -3.36. The predicted molar refractivity (Wildman–Crippen MR) is 135 cm³/mol. The molecule has 7 heteroatoms. The van der Waals surface area contributed by atoms with Gasteiger partial charge in [0.15, 0.2) is 9.84 Å². The van der Waals surface area contributed by atoms with Crippen molar-refractivity contribution in [2.24, 2.45) is 0 Å². The third-order valence-corrected chi connectivity index (χ3v) is 7.13. The third-order valence-electron chi connectivity index (χ3n) is 6.02. The van der Waals surface area contributed by atoms with Crippen LogP contribution in [0.25, 0.3) is 11.1 Å². The summed E-state index contributed by atoms with van der Waals surface area (Å²) in [6, 6.07) is 23.4. The number of nitrogens with one attached hydrogen (secondary N) is 2. The fourth-order valence-electron chi connectivity index (χ4n) is 4.28. The van der Waals surface area contributed by atoms with Crippen LogP contribution in [-0.4, -0.2) is 51.2 Å². The lowest BCUT2D eigenvalue weighted by molar-refractivity contribution is 0.0950. The van der Waals surface area contributed by atoms with E-state index in [1.807, 2.05) is 12.1 Å². The van der Waals surface area contributed by atoms with Crippen LogP contribution in [0.5, 0.6) is 0 Å². The van der Waals surface area contributed by atoms with Crippen LogP contribution in [0.1, 0.15) is 28.4 Å². The van der Waals surface area contributed by atoms with E-state index in [1.165, 1.54) is 17.7 Å². The number of sulfone groups is 1. The summed E-state index contributed by atoms with van der Waals surface area (Å²) >= 11 is 0. The molecule has 1 fully saturated rings. The maximum absolute atomic E-state index is 12.6. The first-order valence-corrected chi connectivity index (χ1v) is 13.4. The van der Waals surface area contributed by atoms with Gasteiger partial charge < -0.3 is 10.6 Å². The van der Waals surface area contributed by atoms with Crippen LogP contribution in [0.2, 0.25) is 0 Å². The molecule has 34 heavy (non-hydrogen) atoms. The summed E-state index contributed by atoms with van der Waals surface area (Å²) < 4.78 is 23.5. The van der Waals surface area contributed by atoms with Crippen LogP contribution >= 0.6 is 0 Å². The van der Waals surface area contributed by atoms with E-state index < -0.39 is 9.84 Å². The summed E-state index contributed by atoms with van der Waals surface area (Å²) in [6.45, 7) is 6.63. The van der Waals surface area contributed by atoms with Crippen molar-refractivity contribution < 1.29 is 13.2 Å². The number of amides is 1. The Kier molecular flexibility index (Phi) is 7.46. The Labute approximate surface area is 201 Å². The molecule has 3 aromatic rings. The van der Waals surface area contributed by atoms with Crippen LogP contribution in [0.4, 0.5) is 0 Å². The number of benzene rings is 3. The third kappa shape index (κ3) is 6.32. The van der Waals surface area contributed by atoms with Gasteiger partial charge in [-0.15, -0.1) is 0 Å². The van der Waals surface area contributed by atoms with Crippen LogP contribution in [0.15, 0.2) is 77.7 Å². The van der Waals surface area contributed by atoms with Gasteiger partial charge in [-0.3, -0.25) is 9.69 Å². The number of rotatable bonds is 7. The maximum Gasteiger partial charge on any atom is 0.251 e. The Morgan fingerprint density at radius 2 is 1.68 bits per heavy atom. The van der Waals surface area contributed by atoms with Crippen molar-refractivity contribution >= 4 is 15.7 Å². The van der Waals surface area contributed by atoms with Gasteiger partial charge in [0.05, 0.1) is 4.90 Å². The van der Waals surface area contributed by atoms with Gasteiger partial charge in [-0.25, -0.2) is 8.42 Å². The lowest BCUT2D eigenvalue weighted by Crippen LogP contribution is -2.48. The second kappa shape index (κ2) is 10.5. The van der Waals surface area contributed by atoms with Gasteiger partial charge in [-0.2, -0.15) is 0 Å². The summed E-state index contributed by atoms with van der Waals surface area (Å²) in [5, 5.41) is 6.38. The van der Waals surface area contributed by atoms with Crippen molar-refractivity contribution in [2.75, 3.05) is 25.9 Å². The molecule has 2 N–H and O–H groups in total. The van der Waals surface area contributed by atoms with Crippen LogP contribution in [0, 0.1) is 0 Å². The number of piperazine rings is 1. The van der Waals surface area contributed by atoms with Crippen molar-refractivity contribution in [3.8, 4) is 11.1 Å². The molecule has 1 aliphatic rings. The van der Waals surface area contributed by atoms with Crippen molar-refractivity contribution in [1.82, 2.24) is 15.5 Å². The Balaban J connectivity index is 1.43. The van der Waals surface area contributed by atoms with E-state index in [0.29, 0.717) is 18.2 Å². The number of carbonyl (C=O) groups is 1.